The van der Waals surface area contributed by atoms with Gasteiger partial charge in [-0.15, -0.1) is 0 Å². The number of nitrogens with zero attached hydrogens (tertiary/aromatic N) is 2. The number of benzene rings is 4. The Balaban J connectivity index is 1.98. The van der Waals surface area contributed by atoms with Crippen molar-refractivity contribution >= 4 is 43.4 Å². The summed E-state index contributed by atoms with van der Waals surface area (Å²) in [4.78, 5) is 11.4. The molecule has 0 amide bonds. The second-order valence-electron chi connectivity index (χ2n) is 6.81. The predicted molar refractivity (Wildman–Crippen MR) is 121 cm³/mol. The fourth-order valence-electron chi connectivity index (χ4n) is 3.96. The zero-order valence-corrected chi connectivity index (χ0v) is 16.8. The van der Waals surface area contributed by atoms with Crippen molar-refractivity contribution in [1.82, 2.24) is 4.57 Å². The molecule has 0 fully saturated rings. The summed E-state index contributed by atoms with van der Waals surface area (Å²) in [5.41, 5.74) is 4.56. The van der Waals surface area contributed by atoms with Crippen LogP contribution in [0.25, 0.3) is 38.6 Å². The van der Waals surface area contributed by atoms with Gasteiger partial charge in [-0.1, -0.05) is 70.5 Å². The number of halogens is 1. The minimum Gasteiger partial charge on any atom is -0.309 e. The SMILES string of the molecule is O=[N+]([O-])c1ccc(Br)cc1-c1cccc2c3ccccc3n(-c3ccccc3)c12. The van der Waals surface area contributed by atoms with Gasteiger partial charge >= 0.3 is 0 Å². The van der Waals surface area contributed by atoms with Crippen LogP contribution in [-0.2, 0) is 0 Å². The van der Waals surface area contributed by atoms with E-state index < -0.39 is 0 Å². The maximum atomic E-state index is 11.8. The summed E-state index contributed by atoms with van der Waals surface area (Å²) in [6.07, 6.45) is 0. The van der Waals surface area contributed by atoms with Crippen LogP contribution in [0.15, 0.2) is 95.5 Å². The van der Waals surface area contributed by atoms with Gasteiger partial charge < -0.3 is 4.57 Å². The van der Waals surface area contributed by atoms with Gasteiger partial charge in [0, 0.05) is 32.6 Å². The second kappa shape index (κ2) is 6.87. The Bertz CT molecular complexity index is 1390. The minimum absolute atomic E-state index is 0.0885. The molecule has 0 atom stereocenters. The molecule has 0 saturated heterocycles. The molecule has 0 radical (unpaired) electrons. The minimum atomic E-state index is -0.323. The van der Waals surface area contributed by atoms with Crippen molar-refractivity contribution in [1.29, 1.82) is 0 Å². The van der Waals surface area contributed by atoms with Crippen LogP contribution in [0.3, 0.4) is 0 Å². The number of aromatic nitrogens is 1. The second-order valence-corrected chi connectivity index (χ2v) is 7.72. The van der Waals surface area contributed by atoms with Crippen molar-refractivity contribution in [2.75, 3.05) is 0 Å². The third kappa shape index (κ3) is 2.82. The molecule has 4 aromatic carbocycles. The number of nitro benzene ring substituents is 1. The Hall–Kier alpha value is -3.44. The topological polar surface area (TPSA) is 48.1 Å². The van der Waals surface area contributed by atoms with Crippen molar-refractivity contribution < 1.29 is 4.92 Å². The molecule has 1 aromatic heterocycles. The number of hydrogen-bond acceptors (Lipinski definition) is 2. The van der Waals surface area contributed by atoms with Crippen molar-refractivity contribution in [3.05, 3.63) is 106 Å². The van der Waals surface area contributed by atoms with Gasteiger partial charge in [0.25, 0.3) is 5.69 Å². The molecule has 5 aromatic rings. The van der Waals surface area contributed by atoms with E-state index in [1.54, 1.807) is 12.1 Å². The molecule has 140 valence electrons. The molecule has 5 heteroatoms. The fourth-order valence-corrected chi connectivity index (χ4v) is 4.33. The molecule has 0 aliphatic heterocycles. The molecule has 0 spiro atoms. The molecule has 0 aliphatic rings. The summed E-state index contributed by atoms with van der Waals surface area (Å²) in [6, 6.07) is 29.4. The van der Waals surface area contributed by atoms with Crippen LogP contribution in [0.4, 0.5) is 5.69 Å². The van der Waals surface area contributed by atoms with Gasteiger partial charge in [0.1, 0.15) is 0 Å². The largest absolute Gasteiger partial charge is 0.309 e. The van der Waals surface area contributed by atoms with E-state index in [2.05, 4.69) is 50.8 Å². The van der Waals surface area contributed by atoms with Gasteiger partial charge in [0.05, 0.1) is 21.5 Å². The molecule has 0 saturated carbocycles. The molecular formula is C24H15BrN2O2. The lowest BCUT2D eigenvalue weighted by molar-refractivity contribution is -0.384. The average molecular weight is 443 g/mol. The molecule has 4 nitrogen and oxygen atoms in total. The number of para-hydroxylation sites is 3. The molecule has 0 aliphatic carbocycles. The first-order valence-electron chi connectivity index (χ1n) is 9.17. The molecule has 0 N–H and O–H groups in total. The van der Waals surface area contributed by atoms with Crippen molar-refractivity contribution in [3.63, 3.8) is 0 Å². The third-order valence-electron chi connectivity index (χ3n) is 5.15. The van der Waals surface area contributed by atoms with E-state index in [-0.39, 0.29) is 10.6 Å². The number of nitro groups is 1. The Morgan fingerprint density at radius 3 is 2.28 bits per heavy atom. The highest BCUT2D eigenvalue weighted by molar-refractivity contribution is 9.10. The highest BCUT2D eigenvalue weighted by Gasteiger charge is 2.21. The smallest absolute Gasteiger partial charge is 0.277 e. The molecule has 29 heavy (non-hydrogen) atoms. The Morgan fingerprint density at radius 2 is 1.48 bits per heavy atom. The fraction of sp³-hybridized carbons (Fsp3) is 0. The highest BCUT2D eigenvalue weighted by atomic mass is 79.9. The third-order valence-corrected chi connectivity index (χ3v) is 5.65. The van der Waals surface area contributed by atoms with Gasteiger partial charge in [0.2, 0.25) is 0 Å². The van der Waals surface area contributed by atoms with Gasteiger partial charge in [-0.2, -0.15) is 0 Å². The van der Waals surface area contributed by atoms with Crippen LogP contribution in [0.2, 0.25) is 0 Å². The zero-order valence-electron chi connectivity index (χ0n) is 15.2. The summed E-state index contributed by atoms with van der Waals surface area (Å²) >= 11 is 3.48. The maximum absolute atomic E-state index is 11.8. The summed E-state index contributed by atoms with van der Waals surface area (Å²) in [5, 5.41) is 13.9. The molecular weight excluding hydrogens is 428 g/mol. The van der Waals surface area contributed by atoms with E-state index >= 15 is 0 Å². The quantitative estimate of drug-likeness (QED) is 0.220. The Labute approximate surface area is 175 Å². The van der Waals surface area contributed by atoms with E-state index in [1.165, 1.54) is 0 Å². The Morgan fingerprint density at radius 1 is 0.759 bits per heavy atom. The van der Waals surface area contributed by atoms with E-state index in [4.69, 9.17) is 0 Å². The first-order valence-corrected chi connectivity index (χ1v) is 9.96. The van der Waals surface area contributed by atoms with E-state index in [1.807, 2.05) is 48.5 Å². The van der Waals surface area contributed by atoms with E-state index in [9.17, 15) is 10.1 Å². The molecule has 0 unspecified atom stereocenters. The lowest BCUT2D eigenvalue weighted by Crippen LogP contribution is -1.97. The maximum Gasteiger partial charge on any atom is 0.277 e. The predicted octanol–water partition coefficient (Wildman–Crippen LogP) is 7.12. The number of hydrogen-bond donors (Lipinski definition) is 0. The number of rotatable bonds is 3. The van der Waals surface area contributed by atoms with Crippen molar-refractivity contribution in [2.24, 2.45) is 0 Å². The normalized spacial score (nSPS) is 11.2. The summed E-state index contributed by atoms with van der Waals surface area (Å²) in [7, 11) is 0. The lowest BCUT2D eigenvalue weighted by Gasteiger charge is -2.12. The van der Waals surface area contributed by atoms with Gasteiger partial charge in [-0.05, 0) is 30.3 Å². The van der Waals surface area contributed by atoms with Crippen LogP contribution in [-0.4, -0.2) is 9.49 Å². The first kappa shape index (κ1) is 17.6. The molecule has 0 bridgehead atoms. The standard InChI is InChI=1S/C24H15BrN2O2/c25-16-13-14-23(27(28)29)21(15-16)20-11-6-10-19-18-9-4-5-12-22(18)26(24(19)20)17-7-2-1-3-8-17/h1-15H. The zero-order chi connectivity index (χ0) is 20.0. The van der Waals surface area contributed by atoms with Crippen LogP contribution < -0.4 is 0 Å². The summed E-state index contributed by atoms with van der Waals surface area (Å²) in [6.45, 7) is 0. The summed E-state index contributed by atoms with van der Waals surface area (Å²) < 4.78 is 2.99. The summed E-state index contributed by atoms with van der Waals surface area (Å²) in [5.74, 6) is 0. The van der Waals surface area contributed by atoms with Gasteiger partial charge in [-0.25, -0.2) is 0 Å². The highest BCUT2D eigenvalue weighted by Crippen LogP contribution is 2.41. The van der Waals surface area contributed by atoms with Crippen LogP contribution >= 0.6 is 15.9 Å². The lowest BCUT2D eigenvalue weighted by atomic mass is 10.0. The van der Waals surface area contributed by atoms with Crippen molar-refractivity contribution in [3.8, 4) is 16.8 Å². The van der Waals surface area contributed by atoms with E-state index in [0.29, 0.717) is 5.56 Å². The number of fused-ring (bicyclic) bond motifs is 3. The van der Waals surface area contributed by atoms with Gasteiger partial charge in [-0.3, -0.25) is 10.1 Å². The van der Waals surface area contributed by atoms with Crippen LogP contribution in [0.1, 0.15) is 0 Å². The molecule has 1 heterocycles. The average Bonchev–Trinajstić information content (AvgIpc) is 3.09. The van der Waals surface area contributed by atoms with Crippen LogP contribution in [0, 0.1) is 10.1 Å². The van der Waals surface area contributed by atoms with E-state index in [0.717, 1.165) is 37.5 Å². The van der Waals surface area contributed by atoms with Crippen molar-refractivity contribution in [2.45, 2.75) is 0 Å². The first-order chi connectivity index (χ1) is 14.1. The van der Waals surface area contributed by atoms with Crippen LogP contribution in [0.5, 0.6) is 0 Å². The Kier molecular flexibility index (Phi) is 4.18. The monoisotopic (exact) mass is 442 g/mol. The molecule has 5 rings (SSSR count). The van der Waals surface area contributed by atoms with Gasteiger partial charge in [0.15, 0.2) is 0 Å².